The van der Waals surface area contributed by atoms with Gasteiger partial charge in [-0.1, -0.05) is 79.5 Å². The number of rotatable bonds is 0. The van der Waals surface area contributed by atoms with Gasteiger partial charge in [0.15, 0.2) is 0 Å². The molecule has 0 atom stereocenters. The molecule has 3 heteroatoms. The highest BCUT2D eigenvalue weighted by atomic mass is 32.2. The van der Waals surface area contributed by atoms with Crippen molar-refractivity contribution >= 4 is 41.0 Å². The van der Waals surface area contributed by atoms with Gasteiger partial charge in [0.05, 0.1) is 5.69 Å². The Morgan fingerprint density at radius 1 is 0.808 bits per heavy atom. The summed E-state index contributed by atoms with van der Waals surface area (Å²) in [4.78, 5) is 7.61. The summed E-state index contributed by atoms with van der Waals surface area (Å²) in [7, 11) is -1.64. The van der Waals surface area contributed by atoms with Crippen molar-refractivity contribution in [1.82, 2.24) is 4.98 Å². The third kappa shape index (κ3) is 1.70. The maximum absolute atomic E-state index is 4.94. The van der Waals surface area contributed by atoms with Crippen LogP contribution in [-0.2, 0) is 0 Å². The van der Waals surface area contributed by atoms with Crippen molar-refractivity contribution in [2.24, 2.45) is 0 Å². The van der Waals surface area contributed by atoms with E-state index in [2.05, 4.69) is 73.8 Å². The second-order valence-corrected chi connectivity index (χ2v) is 13.0. The summed E-state index contributed by atoms with van der Waals surface area (Å²) in [6.07, 6.45) is 2.03. The maximum atomic E-state index is 4.94. The van der Waals surface area contributed by atoms with Gasteiger partial charge in [-0.2, -0.15) is 0 Å². The Morgan fingerprint density at radius 3 is 2.46 bits per heavy atom. The SMILES string of the molecule is C[Si]1(C)c2cccc3c2-c2c(cccc21)-c1ncc2ccccc2c1S3. The molecule has 6 rings (SSSR count). The second kappa shape index (κ2) is 4.87. The van der Waals surface area contributed by atoms with E-state index in [1.807, 2.05) is 18.0 Å². The van der Waals surface area contributed by atoms with Gasteiger partial charge in [0.25, 0.3) is 0 Å². The molecule has 1 aromatic heterocycles. The molecule has 1 nitrogen and oxygen atoms in total. The minimum Gasteiger partial charge on any atom is -0.254 e. The molecular weight excluding hydrogens is 350 g/mol. The summed E-state index contributed by atoms with van der Waals surface area (Å²) in [5.74, 6) is 0. The molecule has 3 heterocycles. The number of nitrogens with zero attached hydrogens (tertiary/aromatic N) is 1. The molecule has 0 spiro atoms. The molecule has 0 aliphatic carbocycles. The Balaban J connectivity index is 1.84. The van der Waals surface area contributed by atoms with Crippen LogP contribution in [0.25, 0.3) is 33.2 Å². The predicted molar refractivity (Wildman–Crippen MR) is 113 cm³/mol. The summed E-state index contributed by atoms with van der Waals surface area (Å²) in [6, 6.07) is 22.3. The van der Waals surface area contributed by atoms with Crippen LogP contribution in [0.1, 0.15) is 0 Å². The van der Waals surface area contributed by atoms with Crippen LogP contribution in [-0.4, -0.2) is 13.1 Å². The van der Waals surface area contributed by atoms with E-state index in [0.29, 0.717) is 0 Å². The van der Waals surface area contributed by atoms with Crippen LogP contribution in [0.4, 0.5) is 0 Å². The smallest absolute Gasteiger partial charge is 0.113 e. The van der Waals surface area contributed by atoms with E-state index in [-0.39, 0.29) is 0 Å². The first-order valence-electron chi connectivity index (χ1n) is 8.99. The third-order valence-corrected chi connectivity index (χ3v) is 10.6. The van der Waals surface area contributed by atoms with Gasteiger partial charge >= 0.3 is 0 Å². The summed E-state index contributed by atoms with van der Waals surface area (Å²) < 4.78 is 0. The minimum absolute atomic E-state index is 1.14. The van der Waals surface area contributed by atoms with Gasteiger partial charge in [0.1, 0.15) is 8.07 Å². The van der Waals surface area contributed by atoms with E-state index in [4.69, 9.17) is 4.98 Å². The first-order chi connectivity index (χ1) is 12.7. The number of hydrogen-bond donors (Lipinski definition) is 0. The van der Waals surface area contributed by atoms with Gasteiger partial charge in [0.2, 0.25) is 0 Å². The Labute approximate surface area is 158 Å². The maximum Gasteiger partial charge on any atom is 0.113 e. The Hall–Kier alpha value is -2.36. The molecule has 0 saturated heterocycles. The van der Waals surface area contributed by atoms with Crippen molar-refractivity contribution in [1.29, 1.82) is 0 Å². The lowest BCUT2D eigenvalue weighted by Gasteiger charge is -2.20. The van der Waals surface area contributed by atoms with Crippen molar-refractivity contribution in [3.63, 3.8) is 0 Å². The zero-order chi connectivity index (χ0) is 17.5. The van der Waals surface area contributed by atoms with Crippen LogP contribution in [0.15, 0.2) is 76.7 Å². The summed E-state index contributed by atoms with van der Waals surface area (Å²) in [5.41, 5.74) is 5.37. The molecule has 3 aromatic carbocycles. The fraction of sp³-hybridized carbons (Fsp3) is 0.0870. The summed E-state index contributed by atoms with van der Waals surface area (Å²) in [6.45, 7) is 4.96. The lowest BCUT2D eigenvalue weighted by molar-refractivity contribution is 1.29. The van der Waals surface area contributed by atoms with Gasteiger partial charge in [0, 0.05) is 26.9 Å². The van der Waals surface area contributed by atoms with Crippen molar-refractivity contribution < 1.29 is 0 Å². The zero-order valence-electron chi connectivity index (χ0n) is 14.7. The zero-order valence-corrected chi connectivity index (χ0v) is 16.5. The molecule has 0 unspecified atom stereocenters. The fourth-order valence-electron chi connectivity index (χ4n) is 4.62. The average Bonchev–Trinajstić information content (AvgIpc) is 2.81. The van der Waals surface area contributed by atoms with Gasteiger partial charge < -0.3 is 0 Å². The quantitative estimate of drug-likeness (QED) is 0.350. The van der Waals surface area contributed by atoms with Gasteiger partial charge in [-0.05, 0) is 33.0 Å². The molecule has 0 saturated carbocycles. The summed E-state index contributed by atoms with van der Waals surface area (Å²) >= 11 is 1.90. The van der Waals surface area contributed by atoms with E-state index in [9.17, 15) is 0 Å². The number of aromatic nitrogens is 1. The Bertz CT molecular complexity index is 1240. The molecule has 0 bridgehead atoms. The highest BCUT2D eigenvalue weighted by molar-refractivity contribution is 8.00. The number of hydrogen-bond acceptors (Lipinski definition) is 2. The monoisotopic (exact) mass is 367 g/mol. The van der Waals surface area contributed by atoms with Crippen LogP contribution in [0.2, 0.25) is 13.1 Å². The first-order valence-corrected chi connectivity index (χ1v) is 12.8. The Morgan fingerprint density at radius 2 is 1.58 bits per heavy atom. The first kappa shape index (κ1) is 14.8. The summed E-state index contributed by atoms with van der Waals surface area (Å²) in [5, 5.41) is 5.64. The fourth-order valence-corrected chi connectivity index (χ4v) is 9.03. The number of fused-ring (bicyclic) bond motifs is 4. The van der Waals surface area contributed by atoms with Gasteiger partial charge in [-0.15, -0.1) is 0 Å². The highest BCUT2D eigenvalue weighted by Gasteiger charge is 2.41. The lowest BCUT2D eigenvalue weighted by Crippen LogP contribution is -2.49. The molecule has 0 fully saturated rings. The van der Waals surface area contributed by atoms with Crippen molar-refractivity contribution in [3.8, 4) is 22.4 Å². The normalized spacial score (nSPS) is 15.5. The van der Waals surface area contributed by atoms with E-state index < -0.39 is 8.07 Å². The van der Waals surface area contributed by atoms with Crippen LogP contribution in [0.3, 0.4) is 0 Å². The van der Waals surface area contributed by atoms with E-state index in [1.165, 1.54) is 37.3 Å². The third-order valence-electron chi connectivity index (χ3n) is 5.91. The topological polar surface area (TPSA) is 12.9 Å². The predicted octanol–water partition coefficient (Wildman–Crippen LogP) is 5.17. The van der Waals surface area contributed by atoms with Crippen LogP contribution < -0.4 is 10.4 Å². The number of pyridine rings is 1. The van der Waals surface area contributed by atoms with Gasteiger partial charge in [-0.25, -0.2) is 0 Å². The van der Waals surface area contributed by atoms with Crippen LogP contribution >= 0.6 is 11.8 Å². The van der Waals surface area contributed by atoms with Crippen LogP contribution in [0.5, 0.6) is 0 Å². The molecule has 0 N–H and O–H groups in total. The molecule has 0 amide bonds. The average molecular weight is 368 g/mol. The van der Waals surface area contributed by atoms with Crippen molar-refractivity contribution in [2.75, 3.05) is 0 Å². The van der Waals surface area contributed by atoms with Crippen molar-refractivity contribution in [2.45, 2.75) is 22.9 Å². The second-order valence-electron chi connectivity index (χ2n) is 7.66. The highest BCUT2D eigenvalue weighted by Crippen LogP contribution is 2.50. The number of benzene rings is 3. The van der Waals surface area contributed by atoms with E-state index in [0.717, 1.165) is 5.69 Å². The minimum atomic E-state index is -1.64. The van der Waals surface area contributed by atoms with Crippen LogP contribution in [0, 0.1) is 0 Å². The molecule has 2 aliphatic heterocycles. The molecular formula is C23H17NSSi. The van der Waals surface area contributed by atoms with Crippen molar-refractivity contribution in [3.05, 3.63) is 66.9 Å². The molecule has 26 heavy (non-hydrogen) atoms. The molecule has 2 aliphatic rings. The van der Waals surface area contributed by atoms with Gasteiger partial charge in [-0.3, -0.25) is 4.98 Å². The Kier molecular flexibility index (Phi) is 2.77. The largest absolute Gasteiger partial charge is 0.254 e. The molecule has 4 aromatic rings. The molecule has 124 valence electrons. The molecule has 0 radical (unpaired) electrons. The lowest BCUT2D eigenvalue weighted by atomic mass is 9.96. The van der Waals surface area contributed by atoms with E-state index in [1.54, 1.807) is 10.4 Å². The van der Waals surface area contributed by atoms with E-state index >= 15 is 0 Å². The standard InChI is InChI=1S/C23H17NSSi/c1-26(2)18-11-5-9-16-20(18)21-17(10-6-12-19(21)26)25-23-15-8-4-3-7-14(15)13-24-22(16)23/h3-13H,1-2H3.